The molecule has 0 radical (unpaired) electrons. The number of halogens is 1. The Hall–Kier alpha value is -2.58. The molecule has 8 heteroatoms. The van der Waals surface area contributed by atoms with Crippen LogP contribution in [0, 0.1) is 5.82 Å². The van der Waals surface area contributed by atoms with Gasteiger partial charge in [0.1, 0.15) is 11.6 Å². The first-order chi connectivity index (χ1) is 13.2. The molecule has 6 nitrogen and oxygen atoms in total. The lowest BCUT2D eigenvalue weighted by atomic mass is 9.91. The highest BCUT2D eigenvalue weighted by Gasteiger charge is 2.22. The number of anilines is 3. The van der Waals surface area contributed by atoms with Gasteiger partial charge in [-0.2, -0.15) is 4.98 Å². The van der Waals surface area contributed by atoms with E-state index in [0.29, 0.717) is 17.5 Å². The summed E-state index contributed by atoms with van der Waals surface area (Å²) < 4.78 is 14.5. The van der Waals surface area contributed by atoms with Crippen molar-refractivity contribution in [1.82, 2.24) is 15.0 Å². The predicted molar refractivity (Wildman–Crippen MR) is 107 cm³/mol. The molecule has 0 aliphatic heterocycles. The maximum atomic E-state index is 14.5. The van der Waals surface area contributed by atoms with Crippen molar-refractivity contribution in [2.45, 2.75) is 37.8 Å². The molecule has 1 fully saturated rings. The second-order valence-electron chi connectivity index (χ2n) is 6.66. The average molecular weight is 384 g/mol. The first-order valence-corrected chi connectivity index (χ1v) is 9.93. The average Bonchev–Trinajstić information content (AvgIpc) is 3.20. The van der Waals surface area contributed by atoms with Crippen molar-refractivity contribution in [3.63, 3.8) is 0 Å². The van der Waals surface area contributed by atoms with Gasteiger partial charge in [0.15, 0.2) is 0 Å². The van der Waals surface area contributed by atoms with Crippen molar-refractivity contribution >= 4 is 28.8 Å². The number of hydrogen-bond acceptors (Lipinski definition) is 7. The van der Waals surface area contributed by atoms with Crippen LogP contribution in [0.1, 0.15) is 25.7 Å². The molecule has 1 aliphatic rings. The lowest BCUT2D eigenvalue weighted by Gasteiger charge is -2.29. The molecule has 0 bridgehead atoms. The van der Waals surface area contributed by atoms with Gasteiger partial charge in [0, 0.05) is 29.2 Å². The van der Waals surface area contributed by atoms with Crippen molar-refractivity contribution in [2.24, 2.45) is 5.73 Å². The van der Waals surface area contributed by atoms with Gasteiger partial charge in [0.05, 0.1) is 16.9 Å². The summed E-state index contributed by atoms with van der Waals surface area (Å²) >= 11 is 1.48. The third-order valence-corrected chi connectivity index (χ3v) is 5.34. The summed E-state index contributed by atoms with van der Waals surface area (Å²) in [7, 11) is 0. The molecule has 2 heterocycles. The maximum Gasteiger partial charge on any atom is 0.224 e. The minimum atomic E-state index is -0.358. The van der Waals surface area contributed by atoms with Crippen molar-refractivity contribution in [3.05, 3.63) is 47.2 Å². The van der Waals surface area contributed by atoms with Crippen LogP contribution in [0.15, 0.2) is 41.4 Å². The zero-order chi connectivity index (χ0) is 18.6. The molecule has 3 aromatic rings. The summed E-state index contributed by atoms with van der Waals surface area (Å²) in [5.41, 5.74) is 9.77. The first-order valence-electron chi connectivity index (χ1n) is 8.99. The van der Waals surface area contributed by atoms with E-state index in [0.717, 1.165) is 36.9 Å². The van der Waals surface area contributed by atoms with Gasteiger partial charge in [-0.3, -0.25) is 0 Å². The molecule has 2 aromatic heterocycles. The fraction of sp³-hybridized carbons (Fsp3) is 0.316. The highest BCUT2D eigenvalue weighted by atomic mass is 32.1. The number of nitrogens with one attached hydrogen (secondary N) is 2. The molecule has 2 atom stereocenters. The Balaban J connectivity index is 1.48. The fourth-order valence-corrected chi connectivity index (χ4v) is 3.83. The summed E-state index contributed by atoms with van der Waals surface area (Å²) in [6.45, 7) is 0. The molecule has 1 aromatic carbocycles. The molecule has 0 saturated heterocycles. The molecule has 140 valence electrons. The SMILES string of the molecule is N[C@H]1CCCC[C@H]1Nc1nccc(Nc2ccc(-c3cscn3)cc2F)n1. The summed E-state index contributed by atoms with van der Waals surface area (Å²) in [6.07, 6.45) is 5.98. The normalized spacial score (nSPS) is 19.6. The minimum absolute atomic E-state index is 0.106. The third-order valence-electron chi connectivity index (χ3n) is 4.75. The van der Waals surface area contributed by atoms with Crippen molar-refractivity contribution in [3.8, 4) is 11.3 Å². The number of nitrogens with two attached hydrogens (primary N) is 1. The van der Waals surface area contributed by atoms with Gasteiger partial charge >= 0.3 is 0 Å². The van der Waals surface area contributed by atoms with Crippen LogP contribution < -0.4 is 16.4 Å². The van der Waals surface area contributed by atoms with Crippen LogP contribution in [-0.4, -0.2) is 27.0 Å². The minimum Gasteiger partial charge on any atom is -0.350 e. The third kappa shape index (κ3) is 4.23. The van der Waals surface area contributed by atoms with Crippen molar-refractivity contribution in [2.75, 3.05) is 10.6 Å². The highest BCUT2D eigenvalue weighted by molar-refractivity contribution is 7.07. The number of nitrogens with zero attached hydrogens (tertiary/aromatic N) is 3. The quantitative estimate of drug-likeness (QED) is 0.612. The largest absolute Gasteiger partial charge is 0.350 e. The Kier molecular flexibility index (Phi) is 5.26. The molecule has 1 saturated carbocycles. The van der Waals surface area contributed by atoms with E-state index in [1.807, 2.05) is 11.4 Å². The van der Waals surface area contributed by atoms with Gasteiger partial charge < -0.3 is 16.4 Å². The van der Waals surface area contributed by atoms with Gasteiger partial charge in [-0.25, -0.2) is 14.4 Å². The molecule has 0 spiro atoms. The first kappa shape index (κ1) is 17.8. The van der Waals surface area contributed by atoms with Gasteiger partial charge in [-0.15, -0.1) is 11.3 Å². The Morgan fingerprint density at radius 3 is 2.81 bits per heavy atom. The number of benzene rings is 1. The highest BCUT2D eigenvalue weighted by Crippen LogP contribution is 2.26. The lowest BCUT2D eigenvalue weighted by molar-refractivity contribution is 0.402. The van der Waals surface area contributed by atoms with E-state index < -0.39 is 0 Å². The number of thiazole rings is 1. The van der Waals surface area contributed by atoms with Crippen LogP contribution in [0.5, 0.6) is 0 Å². The van der Waals surface area contributed by atoms with E-state index in [9.17, 15) is 4.39 Å². The van der Waals surface area contributed by atoms with Crippen molar-refractivity contribution in [1.29, 1.82) is 0 Å². The fourth-order valence-electron chi connectivity index (χ4n) is 3.27. The Morgan fingerprint density at radius 2 is 2.04 bits per heavy atom. The van der Waals surface area contributed by atoms with E-state index in [2.05, 4.69) is 25.6 Å². The number of hydrogen-bond donors (Lipinski definition) is 3. The van der Waals surface area contributed by atoms with E-state index in [4.69, 9.17) is 5.73 Å². The number of rotatable bonds is 5. The second-order valence-corrected chi connectivity index (χ2v) is 7.38. The van der Waals surface area contributed by atoms with E-state index in [1.54, 1.807) is 23.8 Å². The summed E-state index contributed by atoms with van der Waals surface area (Å²) in [5, 5.41) is 8.22. The van der Waals surface area contributed by atoms with Gasteiger partial charge in [-0.1, -0.05) is 18.9 Å². The Bertz CT molecular complexity index is 901. The summed E-state index contributed by atoms with van der Waals surface area (Å²) in [4.78, 5) is 12.9. The standard InChI is InChI=1S/C19H21FN6S/c20-13-9-12(17-10-27-11-23-17)5-6-15(13)24-18-7-8-22-19(26-18)25-16-4-2-1-3-14(16)21/h5-11,14,16H,1-4,21H2,(H2,22,24,25,26)/t14-,16+/m0/s1. The van der Waals surface area contributed by atoms with Crippen LogP contribution in [0.2, 0.25) is 0 Å². The smallest absolute Gasteiger partial charge is 0.224 e. The molecule has 0 amide bonds. The van der Waals surface area contributed by atoms with Gasteiger partial charge in [0.25, 0.3) is 0 Å². The van der Waals surface area contributed by atoms with E-state index in [1.165, 1.54) is 17.4 Å². The van der Waals surface area contributed by atoms with Crippen LogP contribution in [-0.2, 0) is 0 Å². The van der Waals surface area contributed by atoms with Crippen molar-refractivity contribution < 1.29 is 4.39 Å². The molecule has 1 aliphatic carbocycles. The van der Waals surface area contributed by atoms with Crippen LogP contribution in [0.3, 0.4) is 0 Å². The molecule has 27 heavy (non-hydrogen) atoms. The lowest BCUT2D eigenvalue weighted by Crippen LogP contribution is -2.42. The predicted octanol–water partition coefficient (Wildman–Crippen LogP) is 4.16. The van der Waals surface area contributed by atoms with Gasteiger partial charge in [-0.05, 0) is 31.0 Å². The zero-order valence-corrected chi connectivity index (χ0v) is 15.5. The van der Waals surface area contributed by atoms with E-state index in [-0.39, 0.29) is 17.9 Å². The monoisotopic (exact) mass is 384 g/mol. The van der Waals surface area contributed by atoms with Crippen LogP contribution in [0.4, 0.5) is 21.8 Å². The molecule has 4 N–H and O–H groups in total. The molecular weight excluding hydrogens is 363 g/mol. The molecule has 0 unspecified atom stereocenters. The maximum absolute atomic E-state index is 14.5. The zero-order valence-electron chi connectivity index (χ0n) is 14.7. The Labute approximate surface area is 161 Å². The van der Waals surface area contributed by atoms with Crippen LogP contribution in [0.25, 0.3) is 11.3 Å². The topological polar surface area (TPSA) is 88.8 Å². The Morgan fingerprint density at radius 1 is 1.15 bits per heavy atom. The molecular formula is C19H21FN6S. The second kappa shape index (κ2) is 7.98. The molecule has 4 rings (SSSR count). The summed E-state index contributed by atoms with van der Waals surface area (Å²) in [5.74, 6) is 0.668. The van der Waals surface area contributed by atoms with Crippen LogP contribution >= 0.6 is 11.3 Å². The summed E-state index contributed by atoms with van der Waals surface area (Å²) in [6, 6.07) is 6.98. The number of aromatic nitrogens is 3. The van der Waals surface area contributed by atoms with Gasteiger partial charge in [0.2, 0.25) is 5.95 Å². The van der Waals surface area contributed by atoms with E-state index >= 15 is 0 Å².